The maximum absolute atomic E-state index is 12.5. The zero-order valence-corrected chi connectivity index (χ0v) is 16.2. The predicted octanol–water partition coefficient (Wildman–Crippen LogP) is 1.95. The van der Waals surface area contributed by atoms with Crippen LogP contribution in [0, 0.1) is 0 Å². The topological polar surface area (TPSA) is 80.8 Å². The summed E-state index contributed by atoms with van der Waals surface area (Å²) in [6.45, 7) is 1.82. The minimum Gasteiger partial charge on any atom is -0.455 e. The van der Waals surface area contributed by atoms with Crippen LogP contribution in [0.1, 0.15) is 31.7 Å². The molecule has 142 valence electrons. The van der Waals surface area contributed by atoms with Crippen LogP contribution in [0.4, 0.5) is 0 Å². The molecular formula is C18H22ClNO5S. The fourth-order valence-electron chi connectivity index (χ4n) is 3.51. The summed E-state index contributed by atoms with van der Waals surface area (Å²) >= 11 is 5.89. The van der Waals surface area contributed by atoms with Gasteiger partial charge in [-0.25, -0.2) is 8.42 Å². The van der Waals surface area contributed by atoms with Crippen molar-refractivity contribution in [3.8, 4) is 0 Å². The van der Waals surface area contributed by atoms with Crippen molar-refractivity contribution in [2.75, 3.05) is 24.7 Å². The number of amides is 1. The van der Waals surface area contributed by atoms with Gasteiger partial charge in [0.1, 0.15) is 0 Å². The number of likely N-dealkylation sites (N-methyl/N-ethyl adjacent to an activating group) is 1. The highest BCUT2D eigenvalue weighted by molar-refractivity contribution is 7.91. The Morgan fingerprint density at radius 1 is 1.27 bits per heavy atom. The van der Waals surface area contributed by atoms with Crippen molar-refractivity contribution in [3.05, 3.63) is 34.9 Å². The molecule has 1 atom stereocenters. The second kappa shape index (κ2) is 7.19. The zero-order chi connectivity index (χ0) is 18.9. The number of halogens is 1. The van der Waals surface area contributed by atoms with Crippen LogP contribution in [0.2, 0.25) is 5.02 Å². The van der Waals surface area contributed by atoms with Crippen LogP contribution in [0.25, 0.3) is 0 Å². The van der Waals surface area contributed by atoms with Gasteiger partial charge in [-0.3, -0.25) is 9.59 Å². The Kier molecular flexibility index (Phi) is 5.30. The number of benzene rings is 1. The van der Waals surface area contributed by atoms with Crippen LogP contribution in [0.15, 0.2) is 24.3 Å². The third kappa shape index (κ3) is 3.88. The summed E-state index contributed by atoms with van der Waals surface area (Å²) < 4.78 is 28.6. The molecule has 1 heterocycles. The molecule has 1 saturated carbocycles. The molecule has 2 aliphatic rings. The first-order chi connectivity index (χ1) is 12.3. The monoisotopic (exact) mass is 399 g/mol. The Labute approximate surface area is 158 Å². The number of esters is 1. The van der Waals surface area contributed by atoms with Crippen molar-refractivity contribution in [1.82, 2.24) is 4.90 Å². The highest BCUT2D eigenvalue weighted by Gasteiger charge is 2.53. The van der Waals surface area contributed by atoms with Crippen LogP contribution in [-0.2, 0) is 29.6 Å². The number of carbonyl (C=O) groups is 2. The molecule has 8 heteroatoms. The summed E-state index contributed by atoms with van der Waals surface area (Å²) in [6, 6.07) is 6.74. The van der Waals surface area contributed by atoms with Gasteiger partial charge in [0.25, 0.3) is 5.91 Å². The molecule has 1 aliphatic carbocycles. The highest BCUT2D eigenvalue weighted by Crippen LogP contribution is 2.49. The van der Waals surface area contributed by atoms with Crippen LogP contribution in [0.5, 0.6) is 0 Å². The summed E-state index contributed by atoms with van der Waals surface area (Å²) in [7, 11) is -3.08. The summed E-state index contributed by atoms with van der Waals surface area (Å²) in [5.74, 6) is -0.686. The average molecular weight is 400 g/mol. The van der Waals surface area contributed by atoms with E-state index in [1.165, 1.54) is 4.90 Å². The van der Waals surface area contributed by atoms with Crippen molar-refractivity contribution in [1.29, 1.82) is 0 Å². The van der Waals surface area contributed by atoms with E-state index in [1.54, 1.807) is 31.2 Å². The molecule has 1 aromatic carbocycles. The van der Waals surface area contributed by atoms with E-state index in [1.807, 2.05) is 0 Å². The molecule has 0 bridgehead atoms. The lowest BCUT2D eigenvalue weighted by Gasteiger charge is -2.27. The maximum Gasteiger partial charge on any atom is 0.317 e. The number of carbonyl (C=O) groups excluding carboxylic acids is 2. The van der Waals surface area contributed by atoms with Gasteiger partial charge in [-0.1, -0.05) is 23.7 Å². The summed E-state index contributed by atoms with van der Waals surface area (Å²) in [5, 5.41) is 0.596. The van der Waals surface area contributed by atoms with Crippen LogP contribution in [-0.4, -0.2) is 55.9 Å². The van der Waals surface area contributed by atoms with Gasteiger partial charge in [-0.2, -0.15) is 0 Å². The number of sulfone groups is 1. The van der Waals surface area contributed by atoms with E-state index in [9.17, 15) is 18.0 Å². The molecule has 1 saturated heterocycles. The molecular weight excluding hydrogens is 378 g/mol. The lowest BCUT2D eigenvalue weighted by molar-refractivity contribution is -0.154. The molecule has 0 spiro atoms. The fraction of sp³-hybridized carbons (Fsp3) is 0.556. The number of hydrogen-bond acceptors (Lipinski definition) is 5. The highest BCUT2D eigenvalue weighted by atomic mass is 35.5. The van der Waals surface area contributed by atoms with Gasteiger partial charge < -0.3 is 9.64 Å². The number of ether oxygens (including phenoxy) is 1. The Balaban J connectivity index is 1.60. The number of hydrogen-bond donors (Lipinski definition) is 0. The largest absolute Gasteiger partial charge is 0.455 e. The Bertz CT molecular complexity index is 801. The lowest BCUT2D eigenvalue weighted by Crippen LogP contribution is -2.43. The molecule has 2 fully saturated rings. The van der Waals surface area contributed by atoms with Crippen molar-refractivity contribution in [2.24, 2.45) is 0 Å². The van der Waals surface area contributed by atoms with Crippen molar-refractivity contribution < 1.29 is 22.7 Å². The normalized spacial score (nSPS) is 22.6. The zero-order valence-electron chi connectivity index (χ0n) is 14.6. The first kappa shape index (κ1) is 19.2. The Morgan fingerprint density at radius 3 is 2.42 bits per heavy atom. The van der Waals surface area contributed by atoms with Gasteiger partial charge >= 0.3 is 5.97 Å². The smallest absolute Gasteiger partial charge is 0.317 e. The molecule has 3 rings (SSSR count). The van der Waals surface area contributed by atoms with Crippen molar-refractivity contribution >= 4 is 33.3 Å². The molecule has 1 amide bonds. The van der Waals surface area contributed by atoms with Gasteiger partial charge in [0.2, 0.25) is 0 Å². The maximum atomic E-state index is 12.5. The second-order valence-electron chi connectivity index (χ2n) is 6.90. The van der Waals surface area contributed by atoms with Crippen molar-refractivity contribution in [3.63, 3.8) is 0 Å². The summed E-state index contributed by atoms with van der Waals surface area (Å²) in [6.07, 6.45) is 1.80. The standard InChI is InChI=1S/C18H22ClNO5S/c1-2-20(15-7-10-26(23,24)12-15)16(21)11-25-17(22)18(8-9-18)13-3-5-14(19)6-4-13/h3-6,15H,2,7-12H2,1H3/t15-/m0/s1. The first-order valence-corrected chi connectivity index (χ1v) is 10.9. The predicted molar refractivity (Wildman–Crippen MR) is 97.8 cm³/mol. The lowest BCUT2D eigenvalue weighted by atomic mass is 9.96. The molecule has 0 radical (unpaired) electrons. The molecule has 1 aromatic rings. The molecule has 1 aliphatic heterocycles. The van der Waals surface area contributed by atoms with Gasteiger partial charge in [0, 0.05) is 17.6 Å². The van der Waals surface area contributed by atoms with E-state index in [0.717, 1.165) is 5.56 Å². The third-order valence-electron chi connectivity index (χ3n) is 5.17. The van der Waals surface area contributed by atoms with Crippen LogP contribution < -0.4 is 0 Å². The van der Waals surface area contributed by atoms with E-state index in [4.69, 9.17) is 16.3 Å². The van der Waals surface area contributed by atoms with Gasteiger partial charge in [0.15, 0.2) is 16.4 Å². The van der Waals surface area contributed by atoms with Gasteiger partial charge in [-0.05, 0) is 43.9 Å². The van der Waals surface area contributed by atoms with Crippen LogP contribution in [0.3, 0.4) is 0 Å². The van der Waals surface area contributed by atoms with E-state index >= 15 is 0 Å². The fourth-order valence-corrected chi connectivity index (χ4v) is 5.37. The van der Waals surface area contributed by atoms with E-state index < -0.39 is 21.2 Å². The molecule has 0 aromatic heterocycles. The minimum absolute atomic E-state index is 0.0186. The number of rotatable bonds is 6. The van der Waals surface area contributed by atoms with Gasteiger partial charge in [-0.15, -0.1) is 0 Å². The first-order valence-electron chi connectivity index (χ1n) is 8.70. The second-order valence-corrected chi connectivity index (χ2v) is 9.57. The van der Waals surface area contributed by atoms with Crippen LogP contribution >= 0.6 is 11.6 Å². The van der Waals surface area contributed by atoms with E-state index in [0.29, 0.717) is 30.8 Å². The molecule has 26 heavy (non-hydrogen) atoms. The molecule has 0 unspecified atom stereocenters. The van der Waals surface area contributed by atoms with Crippen molar-refractivity contribution in [2.45, 2.75) is 37.6 Å². The van der Waals surface area contributed by atoms with E-state index in [2.05, 4.69) is 0 Å². The quantitative estimate of drug-likeness (QED) is 0.683. The summed E-state index contributed by atoms with van der Waals surface area (Å²) in [5.41, 5.74) is 0.159. The Morgan fingerprint density at radius 2 is 1.92 bits per heavy atom. The summed E-state index contributed by atoms with van der Waals surface area (Å²) in [4.78, 5) is 26.5. The third-order valence-corrected chi connectivity index (χ3v) is 7.18. The molecule has 6 nitrogen and oxygen atoms in total. The average Bonchev–Trinajstić information content (AvgIpc) is 3.33. The van der Waals surface area contributed by atoms with E-state index in [-0.39, 0.29) is 30.1 Å². The Hall–Kier alpha value is -1.60. The SMILES string of the molecule is CCN(C(=O)COC(=O)C1(c2ccc(Cl)cc2)CC1)[C@H]1CCS(=O)(=O)C1. The van der Waals surface area contributed by atoms with Gasteiger partial charge in [0.05, 0.1) is 16.9 Å². The number of nitrogens with zero attached hydrogens (tertiary/aromatic N) is 1. The molecule has 0 N–H and O–H groups in total. The minimum atomic E-state index is -3.08.